The van der Waals surface area contributed by atoms with Gasteiger partial charge < -0.3 is 5.32 Å². The zero-order chi connectivity index (χ0) is 10.7. The van der Waals surface area contributed by atoms with Crippen LogP contribution in [0.25, 0.3) is 6.08 Å². The van der Waals surface area contributed by atoms with Crippen molar-refractivity contribution in [2.45, 2.75) is 12.8 Å². The number of ketones is 1. The Hall–Kier alpha value is -1.64. The number of hydrogen-bond acceptors (Lipinski definition) is 2. The van der Waals surface area contributed by atoms with Gasteiger partial charge in [-0.25, -0.2) is 4.39 Å². The summed E-state index contributed by atoms with van der Waals surface area (Å²) in [4.78, 5) is 11.2. The molecule has 0 aromatic heterocycles. The molecule has 0 spiro atoms. The van der Waals surface area contributed by atoms with Gasteiger partial charge in [0.25, 0.3) is 0 Å². The molecule has 0 bridgehead atoms. The first-order valence-electron chi connectivity index (χ1n) is 4.96. The molecule has 1 N–H and O–H groups in total. The predicted molar refractivity (Wildman–Crippen MR) is 56.6 cm³/mol. The summed E-state index contributed by atoms with van der Waals surface area (Å²) in [6, 6.07) is 6.54. The largest absolute Gasteiger partial charge is 0.388 e. The predicted octanol–water partition coefficient (Wildman–Crippen LogP) is 2.12. The zero-order valence-corrected chi connectivity index (χ0v) is 8.29. The van der Waals surface area contributed by atoms with Crippen LogP contribution in [0.4, 0.5) is 4.39 Å². The Morgan fingerprint density at radius 3 is 2.87 bits per heavy atom. The van der Waals surface area contributed by atoms with E-state index >= 15 is 0 Å². The van der Waals surface area contributed by atoms with Gasteiger partial charge in [-0.3, -0.25) is 4.79 Å². The Morgan fingerprint density at radius 1 is 1.33 bits per heavy atom. The van der Waals surface area contributed by atoms with Gasteiger partial charge in [-0.1, -0.05) is 18.2 Å². The number of rotatable bonds is 1. The highest BCUT2D eigenvalue weighted by Gasteiger charge is 2.12. The Balaban J connectivity index is 2.22. The number of carbonyl (C=O) groups excluding carboxylic acids is 1. The van der Waals surface area contributed by atoms with Crippen molar-refractivity contribution in [3.63, 3.8) is 0 Å². The van der Waals surface area contributed by atoms with Crippen molar-refractivity contribution < 1.29 is 9.18 Å². The molecule has 2 rings (SSSR count). The van der Waals surface area contributed by atoms with Gasteiger partial charge >= 0.3 is 0 Å². The van der Waals surface area contributed by atoms with E-state index in [9.17, 15) is 9.18 Å². The van der Waals surface area contributed by atoms with E-state index in [0.29, 0.717) is 24.9 Å². The van der Waals surface area contributed by atoms with Crippen LogP contribution in [0.5, 0.6) is 0 Å². The molecular formula is C12H12FNO. The molecule has 1 heterocycles. The monoisotopic (exact) mass is 205 g/mol. The molecule has 1 fully saturated rings. The smallest absolute Gasteiger partial charge is 0.140 e. The van der Waals surface area contributed by atoms with Gasteiger partial charge in [-0.05, 0) is 12.1 Å². The lowest BCUT2D eigenvalue weighted by Crippen LogP contribution is -2.25. The molecule has 78 valence electrons. The lowest BCUT2D eigenvalue weighted by Gasteiger charge is -2.15. The van der Waals surface area contributed by atoms with Crippen LogP contribution in [0.15, 0.2) is 30.0 Å². The number of nitrogens with one attached hydrogen (secondary N) is 1. The van der Waals surface area contributed by atoms with E-state index in [1.54, 1.807) is 24.3 Å². The zero-order valence-electron chi connectivity index (χ0n) is 8.29. The summed E-state index contributed by atoms with van der Waals surface area (Å²) in [5, 5.41) is 3.10. The summed E-state index contributed by atoms with van der Waals surface area (Å²) < 4.78 is 13.3. The maximum absolute atomic E-state index is 13.3. The molecule has 0 saturated carbocycles. The van der Waals surface area contributed by atoms with Gasteiger partial charge in [0.15, 0.2) is 0 Å². The molecule has 0 amide bonds. The van der Waals surface area contributed by atoms with E-state index in [1.807, 2.05) is 0 Å². The van der Waals surface area contributed by atoms with Crippen LogP contribution < -0.4 is 5.32 Å². The van der Waals surface area contributed by atoms with Gasteiger partial charge in [0.2, 0.25) is 0 Å². The molecule has 15 heavy (non-hydrogen) atoms. The van der Waals surface area contributed by atoms with Crippen LogP contribution >= 0.6 is 0 Å². The van der Waals surface area contributed by atoms with Gasteiger partial charge in [0.1, 0.15) is 11.6 Å². The lowest BCUT2D eigenvalue weighted by atomic mass is 10.1. The van der Waals surface area contributed by atoms with Gasteiger partial charge in [-0.15, -0.1) is 0 Å². The first-order valence-corrected chi connectivity index (χ1v) is 4.96. The first-order chi connectivity index (χ1) is 7.25. The third-order valence-electron chi connectivity index (χ3n) is 2.38. The SMILES string of the molecule is O=C1CCN/C(=C/c2ccccc2F)C1. The second-order valence-electron chi connectivity index (χ2n) is 3.58. The van der Waals surface area contributed by atoms with Crippen LogP contribution in [0.1, 0.15) is 18.4 Å². The molecule has 1 aromatic carbocycles. The average molecular weight is 205 g/mol. The van der Waals surface area contributed by atoms with E-state index in [4.69, 9.17) is 0 Å². The Bertz CT molecular complexity index is 412. The molecule has 2 nitrogen and oxygen atoms in total. The molecule has 0 unspecified atom stereocenters. The summed E-state index contributed by atoms with van der Waals surface area (Å²) in [6.07, 6.45) is 2.65. The molecule has 1 saturated heterocycles. The van der Waals surface area contributed by atoms with Crippen LogP contribution in [0.2, 0.25) is 0 Å². The number of Topliss-reactive ketones (excluding diaryl/α,β-unsaturated/α-hetero) is 1. The van der Waals surface area contributed by atoms with Gasteiger partial charge in [0.05, 0.1) is 0 Å². The van der Waals surface area contributed by atoms with Crippen LogP contribution in [0, 0.1) is 5.82 Å². The summed E-state index contributed by atoms with van der Waals surface area (Å²) in [7, 11) is 0. The van der Waals surface area contributed by atoms with Crippen molar-refractivity contribution in [2.24, 2.45) is 0 Å². The van der Waals surface area contributed by atoms with Crippen molar-refractivity contribution in [1.29, 1.82) is 0 Å². The fourth-order valence-electron chi connectivity index (χ4n) is 1.61. The number of carbonyl (C=O) groups is 1. The number of halogens is 1. The topological polar surface area (TPSA) is 29.1 Å². The number of hydrogen-bond donors (Lipinski definition) is 1. The minimum atomic E-state index is -0.259. The van der Waals surface area contributed by atoms with Crippen molar-refractivity contribution in [3.8, 4) is 0 Å². The second-order valence-corrected chi connectivity index (χ2v) is 3.58. The van der Waals surface area contributed by atoms with E-state index in [-0.39, 0.29) is 11.6 Å². The fourth-order valence-corrected chi connectivity index (χ4v) is 1.61. The molecule has 1 aliphatic rings. The maximum Gasteiger partial charge on any atom is 0.140 e. The molecule has 1 aliphatic heterocycles. The van der Waals surface area contributed by atoms with Gasteiger partial charge in [-0.2, -0.15) is 0 Å². The maximum atomic E-state index is 13.3. The fraction of sp³-hybridized carbons (Fsp3) is 0.250. The van der Waals surface area contributed by atoms with E-state index in [1.165, 1.54) is 6.07 Å². The molecule has 1 aromatic rings. The number of piperidine rings is 1. The third-order valence-corrected chi connectivity index (χ3v) is 2.38. The summed E-state index contributed by atoms with van der Waals surface area (Å²) in [5.74, 6) is -0.0545. The highest BCUT2D eigenvalue weighted by atomic mass is 19.1. The standard InChI is InChI=1S/C12H12FNO/c13-12-4-2-1-3-9(12)7-10-8-11(15)5-6-14-10/h1-4,7,14H,5-6,8H2/b10-7+. The second kappa shape index (κ2) is 4.26. The van der Waals surface area contributed by atoms with Crippen LogP contribution in [-0.4, -0.2) is 12.3 Å². The minimum Gasteiger partial charge on any atom is -0.388 e. The Kier molecular flexibility index (Phi) is 2.81. The summed E-state index contributed by atoms with van der Waals surface area (Å²) in [6.45, 7) is 0.652. The molecule has 0 atom stereocenters. The lowest BCUT2D eigenvalue weighted by molar-refractivity contribution is -0.119. The van der Waals surface area contributed by atoms with Crippen molar-refractivity contribution in [1.82, 2.24) is 5.32 Å². The normalized spacial score (nSPS) is 19.0. The van der Waals surface area contributed by atoms with Crippen LogP contribution in [0.3, 0.4) is 0 Å². The molecule has 3 heteroatoms. The van der Waals surface area contributed by atoms with Gasteiger partial charge in [0, 0.05) is 30.6 Å². The van der Waals surface area contributed by atoms with Crippen molar-refractivity contribution >= 4 is 11.9 Å². The highest BCUT2D eigenvalue weighted by Crippen LogP contribution is 2.14. The summed E-state index contributed by atoms with van der Waals surface area (Å²) in [5.41, 5.74) is 1.33. The van der Waals surface area contributed by atoms with E-state index < -0.39 is 0 Å². The number of benzene rings is 1. The minimum absolute atomic E-state index is 0.205. The number of allylic oxidation sites excluding steroid dienone is 1. The van der Waals surface area contributed by atoms with E-state index in [0.717, 1.165) is 5.70 Å². The first kappa shape index (κ1) is 9.90. The molecule has 0 aliphatic carbocycles. The quantitative estimate of drug-likeness (QED) is 0.760. The molecule has 0 radical (unpaired) electrons. The van der Waals surface area contributed by atoms with E-state index in [2.05, 4.69) is 5.32 Å². The third kappa shape index (κ3) is 2.43. The van der Waals surface area contributed by atoms with Crippen LogP contribution in [-0.2, 0) is 4.79 Å². The highest BCUT2D eigenvalue weighted by molar-refractivity contribution is 5.83. The average Bonchev–Trinajstić information content (AvgIpc) is 2.22. The molecular weight excluding hydrogens is 193 g/mol. The summed E-state index contributed by atoms with van der Waals surface area (Å²) >= 11 is 0. The van der Waals surface area contributed by atoms with Crippen molar-refractivity contribution in [2.75, 3.05) is 6.54 Å². The van der Waals surface area contributed by atoms with Crippen molar-refractivity contribution in [3.05, 3.63) is 41.3 Å². The Labute approximate surface area is 87.8 Å². The Morgan fingerprint density at radius 2 is 2.13 bits per heavy atom.